The van der Waals surface area contributed by atoms with Crippen molar-refractivity contribution in [1.82, 2.24) is 0 Å². The monoisotopic (exact) mass is 257 g/mol. The van der Waals surface area contributed by atoms with E-state index < -0.39 is 7.60 Å². The molecule has 5 heteroatoms. The van der Waals surface area contributed by atoms with Gasteiger partial charge in [-0.1, -0.05) is 5.57 Å². The average Bonchev–Trinajstić information content (AvgIpc) is 2.66. The molecule has 1 aliphatic rings. The molecule has 17 heavy (non-hydrogen) atoms. The van der Waals surface area contributed by atoms with Crippen LogP contribution in [0.25, 0.3) is 0 Å². The topological polar surface area (TPSA) is 59.3 Å². The maximum Gasteiger partial charge on any atom is 0.354 e. The normalized spacial score (nSPS) is 22.9. The first-order valence-corrected chi connectivity index (χ1v) is 7.73. The maximum absolute atomic E-state index is 12.3. The van der Waals surface area contributed by atoms with Gasteiger partial charge in [-0.15, -0.1) is 0 Å². The van der Waals surface area contributed by atoms with Crippen LogP contribution in [0.2, 0.25) is 0 Å². The average molecular weight is 257 g/mol. The molecule has 1 saturated carbocycles. The Morgan fingerprint density at radius 1 is 1.47 bits per heavy atom. The van der Waals surface area contributed by atoms with E-state index in [2.05, 4.69) is 6.07 Å². The number of hydrogen-bond acceptors (Lipinski definition) is 4. The molecule has 0 aromatic carbocycles. The second-order valence-electron chi connectivity index (χ2n) is 4.03. The fraction of sp³-hybridized carbons (Fsp3) is 0.750. The van der Waals surface area contributed by atoms with Gasteiger partial charge in [-0.05, 0) is 39.0 Å². The van der Waals surface area contributed by atoms with Crippen LogP contribution >= 0.6 is 7.60 Å². The molecule has 0 saturated heterocycles. The number of rotatable bonds is 6. The van der Waals surface area contributed by atoms with Gasteiger partial charge in [0.25, 0.3) is 0 Å². The third-order valence-electron chi connectivity index (χ3n) is 2.82. The highest BCUT2D eigenvalue weighted by atomic mass is 31.2. The van der Waals surface area contributed by atoms with Gasteiger partial charge in [-0.25, -0.2) is 0 Å². The van der Waals surface area contributed by atoms with E-state index in [1.165, 1.54) is 0 Å². The maximum atomic E-state index is 12.3. The van der Waals surface area contributed by atoms with E-state index in [9.17, 15) is 4.57 Å². The fourth-order valence-corrected chi connectivity index (χ4v) is 3.82. The minimum absolute atomic E-state index is 0.231. The zero-order valence-electron chi connectivity index (χ0n) is 10.5. The van der Waals surface area contributed by atoms with Crippen LogP contribution in [-0.4, -0.2) is 13.2 Å². The lowest BCUT2D eigenvalue weighted by Crippen LogP contribution is -1.98. The van der Waals surface area contributed by atoms with Crippen molar-refractivity contribution in [2.45, 2.75) is 39.5 Å². The lowest BCUT2D eigenvalue weighted by atomic mass is 10.0. The smallest absolute Gasteiger partial charge is 0.306 e. The van der Waals surface area contributed by atoms with Gasteiger partial charge in [0.2, 0.25) is 0 Å². The molecule has 0 aromatic heterocycles. The molecule has 0 aliphatic heterocycles. The van der Waals surface area contributed by atoms with Crippen molar-refractivity contribution in [2.24, 2.45) is 5.92 Å². The van der Waals surface area contributed by atoms with E-state index in [1.54, 1.807) is 19.7 Å². The van der Waals surface area contributed by atoms with Crippen LogP contribution in [0.1, 0.15) is 39.5 Å². The summed E-state index contributed by atoms with van der Waals surface area (Å²) in [6, 6.07) is 2.18. The summed E-state index contributed by atoms with van der Waals surface area (Å²) >= 11 is 0. The Balaban J connectivity index is 2.82. The number of nitriles is 1. The lowest BCUT2D eigenvalue weighted by Gasteiger charge is -2.15. The van der Waals surface area contributed by atoms with Crippen molar-refractivity contribution < 1.29 is 13.6 Å². The summed E-state index contributed by atoms with van der Waals surface area (Å²) in [7, 11) is -3.10. The van der Waals surface area contributed by atoms with Crippen molar-refractivity contribution in [3.05, 3.63) is 11.4 Å². The van der Waals surface area contributed by atoms with E-state index in [-0.39, 0.29) is 5.92 Å². The van der Waals surface area contributed by atoms with Crippen LogP contribution < -0.4 is 0 Å². The van der Waals surface area contributed by atoms with Crippen LogP contribution in [0.3, 0.4) is 0 Å². The highest BCUT2D eigenvalue weighted by molar-refractivity contribution is 7.57. The fourth-order valence-electron chi connectivity index (χ4n) is 2.13. The van der Waals surface area contributed by atoms with Gasteiger partial charge >= 0.3 is 7.60 Å². The molecule has 0 amide bonds. The summed E-state index contributed by atoms with van der Waals surface area (Å²) in [6.45, 7) is 4.32. The minimum atomic E-state index is -3.10. The number of hydrogen-bond donors (Lipinski definition) is 0. The highest BCUT2D eigenvalue weighted by Crippen LogP contribution is 2.53. The van der Waals surface area contributed by atoms with Crippen LogP contribution in [0, 0.1) is 17.2 Å². The largest absolute Gasteiger partial charge is 0.354 e. The minimum Gasteiger partial charge on any atom is -0.306 e. The van der Waals surface area contributed by atoms with E-state index in [1.807, 2.05) is 0 Å². The van der Waals surface area contributed by atoms with E-state index >= 15 is 0 Å². The quantitative estimate of drug-likeness (QED) is 0.678. The summed E-state index contributed by atoms with van der Waals surface area (Å²) in [5.41, 5.74) is 1.07. The summed E-state index contributed by atoms with van der Waals surface area (Å²) < 4.78 is 22.8. The molecule has 0 heterocycles. The Morgan fingerprint density at radius 3 is 2.65 bits per heavy atom. The van der Waals surface area contributed by atoms with E-state index in [0.717, 1.165) is 24.8 Å². The van der Waals surface area contributed by atoms with Crippen molar-refractivity contribution >= 4 is 7.60 Å². The van der Waals surface area contributed by atoms with Crippen LogP contribution in [-0.2, 0) is 13.6 Å². The van der Waals surface area contributed by atoms with Gasteiger partial charge in [0.1, 0.15) is 0 Å². The molecule has 1 fully saturated rings. The number of allylic oxidation sites excluding steroid dienone is 1. The third kappa shape index (κ3) is 4.27. The Labute approximate surface area is 103 Å². The first-order valence-electron chi connectivity index (χ1n) is 6.12. The predicted octanol–water partition coefficient (Wildman–Crippen LogP) is 3.85. The molecule has 0 N–H and O–H groups in total. The second-order valence-corrected chi connectivity index (χ2v) is 5.89. The van der Waals surface area contributed by atoms with Gasteiger partial charge in [0.15, 0.2) is 0 Å². The summed E-state index contributed by atoms with van der Waals surface area (Å²) in [6.07, 6.45) is 3.44. The molecule has 1 rings (SSSR count). The van der Waals surface area contributed by atoms with Crippen molar-refractivity contribution in [3.8, 4) is 6.07 Å². The Kier molecular flexibility index (Phi) is 5.91. The zero-order chi connectivity index (χ0) is 12.7. The Bertz CT molecular complexity index is 349. The lowest BCUT2D eigenvalue weighted by molar-refractivity contribution is 0.228. The van der Waals surface area contributed by atoms with Crippen LogP contribution in [0.15, 0.2) is 11.4 Å². The number of nitrogens with zero attached hydrogens (tertiary/aromatic N) is 1. The molecule has 96 valence electrons. The SMILES string of the molecule is CCOP(=O)(/C=C1\CCCC1CC#N)OCC. The molecule has 4 nitrogen and oxygen atoms in total. The first-order chi connectivity index (χ1) is 8.15. The highest BCUT2D eigenvalue weighted by Gasteiger charge is 2.27. The molecule has 0 radical (unpaired) electrons. The molecule has 0 aromatic rings. The predicted molar refractivity (Wildman–Crippen MR) is 66.5 cm³/mol. The van der Waals surface area contributed by atoms with Gasteiger partial charge < -0.3 is 9.05 Å². The van der Waals surface area contributed by atoms with Gasteiger partial charge in [-0.2, -0.15) is 5.26 Å². The molecular formula is C12H20NO3P. The summed E-state index contributed by atoms with van der Waals surface area (Å²) in [5.74, 6) is 1.88. The van der Waals surface area contributed by atoms with Gasteiger partial charge in [-0.3, -0.25) is 4.57 Å². The zero-order valence-corrected chi connectivity index (χ0v) is 11.4. The Morgan fingerprint density at radius 2 is 2.12 bits per heavy atom. The van der Waals surface area contributed by atoms with Crippen LogP contribution in [0.4, 0.5) is 0 Å². The van der Waals surface area contributed by atoms with E-state index in [4.69, 9.17) is 14.3 Å². The summed E-state index contributed by atoms with van der Waals surface area (Å²) in [4.78, 5) is 0. The van der Waals surface area contributed by atoms with Crippen LogP contribution in [0.5, 0.6) is 0 Å². The molecular weight excluding hydrogens is 237 g/mol. The van der Waals surface area contributed by atoms with Gasteiger partial charge in [0.05, 0.1) is 19.3 Å². The molecule has 1 unspecified atom stereocenters. The third-order valence-corrected chi connectivity index (χ3v) is 4.71. The molecule has 1 aliphatic carbocycles. The summed E-state index contributed by atoms with van der Waals surface area (Å²) in [5, 5.41) is 8.74. The Hall–Kier alpha value is -0.620. The van der Waals surface area contributed by atoms with Crippen molar-refractivity contribution in [1.29, 1.82) is 5.26 Å². The van der Waals surface area contributed by atoms with Gasteiger partial charge in [0, 0.05) is 12.2 Å². The second kappa shape index (κ2) is 6.96. The first kappa shape index (κ1) is 14.4. The standard InChI is InChI=1S/C12H20NO3P/c1-3-15-17(14,16-4-2)10-12-7-5-6-11(12)8-9-13/h10-11H,3-8H2,1-2H3/b12-10+. The molecule has 1 atom stereocenters. The van der Waals surface area contributed by atoms with E-state index in [0.29, 0.717) is 19.6 Å². The van der Waals surface area contributed by atoms with Crippen molar-refractivity contribution in [2.75, 3.05) is 13.2 Å². The molecule has 0 bridgehead atoms. The van der Waals surface area contributed by atoms with Crippen molar-refractivity contribution in [3.63, 3.8) is 0 Å². The molecule has 0 spiro atoms.